The third-order valence-electron chi connectivity index (χ3n) is 9.44. The van der Waals surface area contributed by atoms with E-state index in [0.29, 0.717) is 17.7 Å². The first-order valence-electron chi connectivity index (χ1n) is 13.2. The number of nitrogens with zero attached hydrogens (tertiary/aromatic N) is 2. The van der Waals surface area contributed by atoms with Gasteiger partial charge in [0.15, 0.2) is 0 Å². The summed E-state index contributed by atoms with van der Waals surface area (Å²) >= 11 is 0. The average Bonchev–Trinajstić information content (AvgIpc) is 2.71. The zero-order chi connectivity index (χ0) is 22.2. The molecule has 4 saturated carbocycles. The lowest BCUT2D eigenvalue weighted by molar-refractivity contribution is -0.148. The van der Waals surface area contributed by atoms with E-state index >= 15 is 0 Å². The molecule has 4 bridgehead atoms. The van der Waals surface area contributed by atoms with E-state index < -0.39 is 0 Å². The number of rotatable bonds is 6. The van der Waals surface area contributed by atoms with E-state index in [9.17, 15) is 9.59 Å². The molecule has 31 heavy (non-hydrogen) atoms. The van der Waals surface area contributed by atoms with Crippen LogP contribution in [0.25, 0.3) is 0 Å². The fourth-order valence-electron chi connectivity index (χ4n) is 8.39. The summed E-state index contributed by atoms with van der Waals surface area (Å²) in [5, 5.41) is 0. The summed E-state index contributed by atoms with van der Waals surface area (Å²) in [6, 6.07) is 0. The number of hydrogen-bond acceptors (Lipinski definition) is 2. The lowest BCUT2D eigenvalue weighted by Gasteiger charge is -2.48. The van der Waals surface area contributed by atoms with Gasteiger partial charge in [-0.15, -0.1) is 0 Å². The number of carbonyl (C=O) groups is 2. The maximum absolute atomic E-state index is 13.4. The Morgan fingerprint density at radius 1 is 0.806 bits per heavy atom. The van der Waals surface area contributed by atoms with E-state index in [4.69, 9.17) is 0 Å². The third-order valence-corrected chi connectivity index (χ3v) is 9.44. The van der Waals surface area contributed by atoms with Crippen molar-refractivity contribution in [1.82, 2.24) is 9.80 Å². The molecule has 5 unspecified atom stereocenters. The van der Waals surface area contributed by atoms with Gasteiger partial charge in [0.05, 0.1) is 0 Å². The SMILES string of the molecule is CC1CC2CCCC(C(=O)N(C)CCCN(C)C(=O)C3(C)CC4CCCC(C4)C3)(C1)C2. The smallest absolute Gasteiger partial charge is 0.228 e. The van der Waals surface area contributed by atoms with Crippen molar-refractivity contribution in [3.05, 3.63) is 0 Å². The third kappa shape index (κ3) is 4.83. The minimum atomic E-state index is -0.168. The predicted molar refractivity (Wildman–Crippen MR) is 125 cm³/mol. The minimum absolute atomic E-state index is 0.0928. The van der Waals surface area contributed by atoms with Crippen molar-refractivity contribution in [2.24, 2.45) is 34.5 Å². The van der Waals surface area contributed by atoms with Crippen LogP contribution in [-0.4, -0.2) is 48.8 Å². The lowest BCUT2D eigenvalue weighted by atomic mass is 9.58. The second-order valence-electron chi connectivity index (χ2n) is 12.5. The molecule has 4 nitrogen and oxygen atoms in total. The van der Waals surface area contributed by atoms with Crippen LogP contribution in [0.2, 0.25) is 0 Å². The van der Waals surface area contributed by atoms with Gasteiger partial charge < -0.3 is 9.80 Å². The van der Waals surface area contributed by atoms with Crippen molar-refractivity contribution in [1.29, 1.82) is 0 Å². The van der Waals surface area contributed by atoms with Gasteiger partial charge in [0.1, 0.15) is 0 Å². The van der Waals surface area contributed by atoms with Gasteiger partial charge in [-0.3, -0.25) is 9.59 Å². The highest BCUT2D eigenvalue weighted by molar-refractivity contribution is 5.83. The molecule has 0 aromatic heterocycles. The Balaban J connectivity index is 1.27. The van der Waals surface area contributed by atoms with E-state index in [1.54, 1.807) is 0 Å². The van der Waals surface area contributed by atoms with E-state index in [2.05, 4.69) is 13.8 Å². The Morgan fingerprint density at radius 2 is 1.39 bits per heavy atom. The summed E-state index contributed by atoms with van der Waals surface area (Å²) in [6.45, 7) is 6.07. The summed E-state index contributed by atoms with van der Waals surface area (Å²) in [5.74, 6) is 3.67. The van der Waals surface area contributed by atoms with Gasteiger partial charge in [-0.1, -0.05) is 46.0 Å². The van der Waals surface area contributed by atoms with Gasteiger partial charge >= 0.3 is 0 Å². The first-order valence-corrected chi connectivity index (χ1v) is 13.2. The van der Waals surface area contributed by atoms with Gasteiger partial charge in [-0.05, 0) is 75.0 Å². The topological polar surface area (TPSA) is 40.6 Å². The molecule has 4 aliphatic rings. The zero-order valence-electron chi connectivity index (χ0n) is 20.6. The first kappa shape index (κ1) is 23.1. The fraction of sp³-hybridized carbons (Fsp3) is 0.926. The van der Waals surface area contributed by atoms with Gasteiger partial charge in [-0.25, -0.2) is 0 Å². The zero-order valence-corrected chi connectivity index (χ0v) is 20.6. The first-order chi connectivity index (χ1) is 14.7. The molecule has 0 aliphatic heterocycles. The fourth-order valence-corrected chi connectivity index (χ4v) is 8.39. The molecule has 0 aromatic rings. The summed E-state index contributed by atoms with van der Waals surface area (Å²) < 4.78 is 0. The van der Waals surface area contributed by atoms with Gasteiger partial charge in [0.2, 0.25) is 11.8 Å². The Kier molecular flexibility index (Phi) is 6.75. The van der Waals surface area contributed by atoms with E-state index in [1.165, 1.54) is 44.9 Å². The molecule has 0 N–H and O–H groups in total. The van der Waals surface area contributed by atoms with Crippen molar-refractivity contribution in [2.75, 3.05) is 27.2 Å². The summed E-state index contributed by atoms with van der Waals surface area (Å²) in [7, 11) is 3.97. The van der Waals surface area contributed by atoms with Crippen LogP contribution in [0.3, 0.4) is 0 Å². The van der Waals surface area contributed by atoms with E-state index in [-0.39, 0.29) is 10.8 Å². The molecule has 0 aromatic carbocycles. The average molecular weight is 431 g/mol. The van der Waals surface area contributed by atoms with Crippen molar-refractivity contribution >= 4 is 11.8 Å². The summed E-state index contributed by atoms with van der Waals surface area (Å²) in [6.07, 6.45) is 15.5. The van der Waals surface area contributed by atoms with Crippen LogP contribution < -0.4 is 0 Å². The molecule has 4 aliphatic carbocycles. The summed E-state index contributed by atoms with van der Waals surface area (Å²) in [4.78, 5) is 30.7. The minimum Gasteiger partial charge on any atom is -0.345 e. The van der Waals surface area contributed by atoms with E-state index in [1.807, 2.05) is 23.9 Å². The Morgan fingerprint density at radius 3 is 2.06 bits per heavy atom. The maximum Gasteiger partial charge on any atom is 0.228 e. The maximum atomic E-state index is 13.4. The highest BCUT2D eigenvalue weighted by atomic mass is 16.2. The molecule has 0 heterocycles. The second-order valence-corrected chi connectivity index (χ2v) is 12.5. The monoisotopic (exact) mass is 430 g/mol. The molecule has 4 heteroatoms. The van der Waals surface area contributed by atoms with Gasteiger partial charge in [0.25, 0.3) is 0 Å². The largest absolute Gasteiger partial charge is 0.345 e. The Labute approximate surface area is 190 Å². The summed E-state index contributed by atoms with van der Waals surface area (Å²) in [5.41, 5.74) is -0.261. The molecular weight excluding hydrogens is 384 g/mol. The number of carbonyl (C=O) groups excluding carboxylic acids is 2. The standard InChI is InChI=1S/C27H46N2O2/c1-20-14-21-10-6-11-27(16-20,19-21)25(31)29(4)13-7-12-28(3)24(30)26(2)17-22-8-5-9-23(15-22)18-26/h20-23H,5-19H2,1-4H3. The van der Waals surface area contributed by atoms with Crippen LogP contribution in [0.5, 0.6) is 0 Å². The highest BCUT2D eigenvalue weighted by Crippen LogP contribution is 2.52. The molecule has 0 saturated heterocycles. The van der Waals surface area contributed by atoms with Crippen LogP contribution in [0.4, 0.5) is 0 Å². The molecule has 4 fully saturated rings. The van der Waals surface area contributed by atoms with Crippen LogP contribution >= 0.6 is 0 Å². The normalized spacial score (nSPS) is 39.6. The van der Waals surface area contributed by atoms with Gasteiger partial charge in [0, 0.05) is 38.0 Å². The van der Waals surface area contributed by atoms with Crippen molar-refractivity contribution < 1.29 is 9.59 Å². The molecule has 4 rings (SSSR count). The van der Waals surface area contributed by atoms with Crippen molar-refractivity contribution in [3.8, 4) is 0 Å². The predicted octanol–water partition coefficient (Wildman–Crippen LogP) is 5.51. The van der Waals surface area contributed by atoms with Crippen molar-refractivity contribution in [2.45, 2.75) is 97.3 Å². The van der Waals surface area contributed by atoms with Crippen LogP contribution in [0, 0.1) is 34.5 Å². The number of hydrogen-bond donors (Lipinski definition) is 0. The molecule has 5 atom stereocenters. The molecule has 0 spiro atoms. The van der Waals surface area contributed by atoms with Crippen LogP contribution in [0.15, 0.2) is 0 Å². The second kappa shape index (κ2) is 9.06. The van der Waals surface area contributed by atoms with Gasteiger partial charge in [-0.2, -0.15) is 0 Å². The molecule has 2 amide bonds. The Hall–Kier alpha value is -1.06. The highest BCUT2D eigenvalue weighted by Gasteiger charge is 2.48. The van der Waals surface area contributed by atoms with Crippen LogP contribution in [0.1, 0.15) is 97.3 Å². The Bertz CT molecular complexity index is 660. The van der Waals surface area contributed by atoms with Crippen LogP contribution in [-0.2, 0) is 9.59 Å². The molecule has 176 valence electrons. The quantitative estimate of drug-likeness (QED) is 0.558. The molecule has 0 radical (unpaired) electrons. The lowest BCUT2D eigenvalue weighted by Crippen LogP contribution is -2.49. The molecular formula is C27H46N2O2. The van der Waals surface area contributed by atoms with E-state index in [0.717, 1.165) is 69.4 Å². The number of amides is 2. The van der Waals surface area contributed by atoms with Crippen molar-refractivity contribution in [3.63, 3.8) is 0 Å². The number of fused-ring (bicyclic) bond motifs is 4.